The van der Waals surface area contributed by atoms with Gasteiger partial charge < -0.3 is 14.4 Å². The van der Waals surface area contributed by atoms with E-state index in [0.717, 1.165) is 19.4 Å². The lowest BCUT2D eigenvalue weighted by atomic mass is 9.98. The molecule has 0 amide bonds. The van der Waals surface area contributed by atoms with Crippen LogP contribution in [0.15, 0.2) is 36.7 Å². The third-order valence-corrected chi connectivity index (χ3v) is 4.01. The highest BCUT2D eigenvalue weighted by Crippen LogP contribution is 2.26. The first-order chi connectivity index (χ1) is 12.2. The molecule has 3 rings (SSSR count). The quantitative estimate of drug-likeness (QED) is 0.776. The van der Waals surface area contributed by atoms with E-state index in [0.29, 0.717) is 30.6 Å². The standard InChI is InChI=1S/C18H20FN3O3/c1-2-24-18(23)13-5-4-8-22(11-13)16-10-17(21-12-20-16)25-15-7-3-6-14(19)9-15/h3,6-7,9-10,12-13H,2,4-5,8,11H2,1H3. The summed E-state index contributed by atoms with van der Waals surface area (Å²) in [5, 5.41) is 0. The predicted molar refractivity (Wildman–Crippen MR) is 90.1 cm³/mol. The van der Waals surface area contributed by atoms with Crippen molar-refractivity contribution in [3.63, 3.8) is 0 Å². The van der Waals surface area contributed by atoms with Gasteiger partial charge in [-0.3, -0.25) is 4.79 Å². The van der Waals surface area contributed by atoms with Crippen LogP contribution in [0.4, 0.5) is 10.2 Å². The zero-order chi connectivity index (χ0) is 17.6. The maximum atomic E-state index is 13.3. The molecule has 0 N–H and O–H groups in total. The van der Waals surface area contributed by atoms with Crippen molar-refractivity contribution < 1.29 is 18.7 Å². The maximum absolute atomic E-state index is 13.3. The summed E-state index contributed by atoms with van der Waals surface area (Å²) in [5.41, 5.74) is 0. The summed E-state index contributed by atoms with van der Waals surface area (Å²) in [4.78, 5) is 22.3. The molecule has 7 heteroatoms. The second-order valence-electron chi connectivity index (χ2n) is 5.81. The number of rotatable bonds is 5. The van der Waals surface area contributed by atoms with Crippen LogP contribution in [0.3, 0.4) is 0 Å². The van der Waals surface area contributed by atoms with Gasteiger partial charge in [-0.2, -0.15) is 0 Å². The molecule has 0 bridgehead atoms. The third kappa shape index (κ3) is 4.43. The summed E-state index contributed by atoms with van der Waals surface area (Å²) in [6.45, 7) is 3.54. The highest BCUT2D eigenvalue weighted by Gasteiger charge is 2.27. The Morgan fingerprint density at radius 2 is 2.24 bits per heavy atom. The fraction of sp³-hybridized carbons (Fsp3) is 0.389. The second-order valence-corrected chi connectivity index (χ2v) is 5.81. The van der Waals surface area contributed by atoms with Crippen LogP contribution in [0.25, 0.3) is 0 Å². The molecule has 1 aromatic heterocycles. The molecule has 6 nitrogen and oxygen atoms in total. The number of nitrogens with zero attached hydrogens (tertiary/aromatic N) is 3. The fourth-order valence-electron chi connectivity index (χ4n) is 2.85. The molecular formula is C18H20FN3O3. The van der Waals surface area contributed by atoms with Crippen molar-refractivity contribution >= 4 is 11.8 Å². The van der Waals surface area contributed by atoms with Crippen molar-refractivity contribution in [1.82, 2.24) is 9.97 Å². The summed E-state index contributed by atoms with van der Waals surface area (Å²) in [5.74, 6) is 0.672. The molecule has 0 radical (unpaired) electrons. The van der Waals surface area contributed by atoms with Gasteiger partial charge in [0.25, 0.3) is 0 Å². The predicted octanol–water partition coefficient (Wildman–Crippen LogP) is 3.19. The number of carbonyl (C=O) groups excluding carboxylic acids is 1. The molecule has 2 aromatic rings. The Morgan fingerprint density at radius 3 is 3.04 bits per heavy atom. The topological polar surface area (TPSA) is 64.5 Å². The molecule has 1 unspecified atom stereocenters. The van der Waals surface area contributed by atoms with Crippen molar-refractivity contribution in [2.24, 2.45) is 5.92 Å². The van der Waals surface area contributed by atoms with Crippen molar-refractivity contribution in [2.75, 3.05) is 24.6 Å². The van der Waals surface area contributed by atoms with E-state index >= 15 is 0 Å². The Bertz CT molecular complexity index is 741. The molecule has 2 heterocycles. The normalized spacial score (nSPS) is 17.2. The lowest BCUT2D eigenvalue weighted by Gasteiger charge is -2.32. The largest absolute Gasteiger partial charge is 0.466 e. The average molecular weight is 345 g/mol. The van der Waals surface area contributed by atoms with Crippen LogP contribution in [0.2, 0.25) is 0 Å². The van der Waals surface area contributed by atoms with Crippen molar-refractivity contribution in [2.45, 2.75) is 19.8 Å². The van der Waals surface area contributed by atoms with E-state index in [4.69, 9.17) is 9.47 Å². The van der Waals surface area contributed by atoms with Crippen molar-refractivity contribution in [3.8, 4) is 11.6 Å². The number of esters is 1. The van der Waals surface area contributed by atoms with Gasteiger partial charge in [-0.05, 0) is 31.9 Å². The molecule has 1 aliphatic rings. The Kier molecular flexibility index (Phi) is 5.42. The van der Waals surface area contributed by atoms with E-state index in [2.05, 4.69) is 9.97 Å². The van der Waals surface area contributed by atoms with Crippen molar-refractivity contribution in [1.29, 1.82) is 0 Å². The van der Waals surface area contributed by atoms with Crippen molar-refractivity contribution in [3.05, 3.63) is 42.5 Å². The SMILES string of the molecule is CCOC(=O)C1CCCN(c2cc(Oc3cccc(F)c3)ncn2)C1. The van der Waals surface area contributed by atoms with Gasteiger partial charge in [-0.25, -0.2) is 14.4 Å². The van der Waals surface area contributed by atoms with E-state index in [-0.39, 0.29) is 17.7 Å². The Balaban J connectivity index is 1.71. The number of piperidine rings is 1. The van der Waals surface area contributed by atoms with Gasteiger partial charge in [0.15, 0.2) is 0 Å². The number of benzene rings is 1. The maximum Gasteiger partial charge on any atom is 0.310 e. The summed E-state index contributed by atoms with van der Waals surface area (Å²) in [6.07, 6.45) is 3.10. The molecule has 1 saturated heterocycles. The van der Waals surface area contributed by atoms with Gasteiger partial charge in [0.05, 0.1) is 12.5 Å². The van der Waals surface area contributed by atoms with Gasteiger partial charge in [0.2, 0.25) is 5.88 Å². The van der Waals surface area contributed by atoms with Gasteiger partial charge >= 0.3 is 5.97 Å². The number of carbonyl (C=O) groups is 1. The van der Waals surface area contributed by atoms with Crippen LogP contribution >= 0.6 is 0 Å². The molecule has 132 valence electrons. The minimum absolute atomic E-state index is 0.156. The number of hydrogen-bond donors (Lipinski definition) is 0. The van der Waals surface area contributed by atoms with E-state index in [1.54, 1.807) is 25.1 Å². The monoisotopic (exact) mass is 345 g/mol. The van der Waals surface area contributed by atoms with E-state index in [1.165, 1.54) is 18.5 Å². The summed E-state index contributed by atoms with van der Waals surface area (Å²) < 4.78 is 24.0. The fourth-order valence-corrected chi connectivity index (χ4v) is 2.85. The van der Waals surface area contributed by atoms with Gasteiger partial charge in [-0.15, -0.1) is 0 Å². The molecule has 1 aliphatic heterocycles. The van der Waals surface area contributed by atoms with Crippen LogP contribution in [0.5, 0.6) is 11.6 Å². The molecule has 1 atom stereocenters. The highest BCUT2D eigenvalue weighted by atomic mass is 19.1. The van der Waals surface area contributed by atoms with Gasteiger partial charge in [0, 0.05) is 25.2 Å². The van der Waals surface area contributed by atoms with Gasteiger partial charge in [0.1, 0.15) is 23.7 Å². The summed E-state index contributed by atoms with van der Waals surface area (Å²) >= 11 is 0. The first kappa shape index (κ1) is 17.1. The highest BCUT2D eigenvalue weighted by molar-refractivity contribution is 5.73. The molecule has 1 aromatic carbocycles. The molecule has 25 heavy (non-hydrogen) atoms. The molecule has 0 spiro atoms. The second kappa shape index (κ2) is 7.92. The first-order valence-electron chi connectivity index (χ1n) is 8.32. The minimum Gasteiger partial charge on any atom is -0.466 e. The van der Waals surface area contributed by atoms with Crippen LogP contribution in [0, 0.1) is 11.7 Å². The Morgan fingerprint density at radius 1 is 1.36 bits per heavy atom. The summed E-state index contributed by atoms with van der Waals surface area (Å²) in [6, 6.07) is 7.56. The van der Waals surface area contributed by atoms with Gasteiger partial charge in [-0.1, -0.05) is 6.07 Å². The smallest absolute Gasteiger partial charge is 0.310 e. The molecular weight excluding hydrogens is 325 g/mol. The molecule has 0 aliphatic carbocycles. The van der Waals surface area contributed by atoms with E-state index < -0.39 is 0 Å². The zero-order valence-corrected chi connectivity index (χ0v) is 14.0. The lowest BCUT2D eigenvalue weighted by molar-refractivity contribution is -0.148. The Labute approximate surface area is 145 Å². The van der Waals surface area contributed by atoms with Crippen LogP contribution in [-0.4, -0.2) is 35.6 Å². The number of ether oxygens (including phenoxy) is 2. The number of hydrogen-bond acceptors (Lipinski definition) is 6. The average Bonchev–Trinajstić information content (AvgIpc) is 2.62. The van der Waals surface area contributed by atoms with Crippen LogP contribution in [0.1, 0.15) is 19.8 Å². The summed E-state index contributed by atoms with van der Waals surface area (Å²) in [7, 11) is 0. The minimum atomic E-state index is -0.375. The number of anilines is 1. The van der Waals surface area contributed by atoms with E-state index in [9.17, 15) is 9.18 Å². The van der Waals surface area contributed by atoms with E-state index in [1.807, 2.05) is 4.90 Å². The van der Waals surface area contributed by atoms with Crippen LogP contribution in [-0.2, 0) is 9.53 Å². The number of aromatic nitrogens is 2. The molecule has 1 fully saturated rings. The third-order valence-electron chi connectivity index (χ3n) is 4.01. The number of halogens is 1. The molecule has 0 saturated carbocycles. The first-order valence-corrected chi connectivity index (χ1v) is 8.32. The zero-order valence-electron chi connectivity index (χ0n) is 14.0. The Hall–Kier alpha value is -2.70. The lowest BCUT2D eigenvalue weighted by Crippen LogP contribution is -2.39. The van der Waals surface area contributed by atoms with Crippen LogP contribution < -0.4 is 9.64 Å².